The maximum absolute atomic E-state index is 13.2. The van der Waals surface area contributed by atoms with Gasteiger partial charge in [0.25, 0.3) is 0 Å². The number of carbonyl (C=O) groups excluding carboxylic acids is 1. The Labute approximate surface area is 248 Å². The number of carboxylic acids is 1. The second kappa shape index (κ2) is 16.8. The summed E-state index contributed by atoms with van der Waals surface area (Å²) < 4.78 is 35.4. The molecule has 220 valence electrons. The van der Waals surface area contributed by atoms with Gasteiger partial charge < -0.3 is 29.0 Å². The molecule has 1 amide bonds. The number of carboxylic acid groups (broad SMARTS) is 1. The number of nitrogens with zero attached hydrogens (tertiary/aromatic N) is 1. The lowest BCUT2D eigenvalue weighted by atomic mass is 10.1. The van der Waals surface area contributed by atoms with Crippen LogP contribution in [0.15, 0.2) is 66.7 Å². The number of carbonyl (C=O) groups is 2. The van der Waals surface area contributed by atoms with Gasteiger partial charge in [0.15, 0.2) is 6.10 Å². The van der Waals surface area contributed by atoms with Crippen LogP contribution >= 0.6 is 23.2 Å². The normalized spacial score (nSPS) is 11.6. The average Bonchev–Trinajstić information content (AvgIpc) is 2.94. The van der Waals surface area contributed by atoms with Crippen LogP contribution in [-0.2, 0) is 38.6 Å². The van der Waals surface area contributed by atoms with Crippen LogP contribution in [0, 0.1) is 5.82 Å². The van der Waals surface area contributed by atoms with Crippen LogP contribution in [0.2, 0.25) is 10.0 Å². The number of amides is 1. The third-order valence-corrected chi connectivity index (χ3v) is 6.28. The summed E-state index contributed by atoms with van der Waals surface area (Å²) >= 11 is 12.1. The Morgan fingerprint density at radius 3 is 2.15 bits per heavy atom. The van der Waals surface area contributed by atoms with Crippen LogP contribution in [-0.4, -0.2) is 61.1 Å². The van der Waals surface area contributed by atoms with E-state index in [1.165, 1.54) is 17.0 Å². The molecule has 0 aliphatic rings. The van der Waals surface area contributed by atoms with Gasteiger partial charge in [0, 0.05) is 29.6 Å². The molecule has 8 nitrogen and oxygen atoms in total. The zero-order valence-electron chi connectivity index (χ0n) is 22.6. The molecule has 0 aliphatic heterocycles. The van der Waals surface area contributed by atoms with Crippen molar-refractivity contribution in [2.45, 2.75) is 32.7 Å². The number of benzene rings is 3. The van der Waals surface area contributed by atoms with E-state index >= 15 is 0 Å². The van der Waals surface area contributed by atoms with E-state index in [0.29, 0.717) is 28.0 Å². The van der Waals surface area contributed by atoms with E-state index in [-0.39, 0.29) is 51.8 Å². The third-order valence-electron chi connectivity index (χ3n) is 5.85. The Balaban J connectivity index is 1.53. The second-order valence-corrected chi connectivity index (χ2v) is 9.85. The highest BCUT2D eigenvalue weighted by molar-refractivity contribution is 6.34. The summed E-state index contributed by atoms with van der Waals surface area (Å²) in [5.74, 6) is -0.828. The first-order valence-corrected chi connectivity index (χ1v) is 13.7. The Bertz CT molecular complexity index is 1240. The Kier molecular flexibility index (Phi) is 13.2. The molecule has 11 heteroatoms. The van der Waals surface area contributed by atoms with Crippen molar-refractivity contribution in [1.82, 2.24) is 4.90 Å². The van der Waals surface area contributed by atoms with Crippen molar-refractivity contribution >= 4 is 35.3 Å². The van der Waals surface area contributed by atoms with Crippen LogP contribution in [0.1, 0.15) is 23.6 Å². The summed E-state index contributed by atoms with van der Waals surface area (Å²) in [7, 11) is 0. The fourth-order valence-corrected chi connectivity index (χ4v) is 4.37. The molecule has 0 aromatic heterocycles. The quantitative estimate of drug-likeness (QED) is 0.188. The Hall–Kier alpha value is -3.37. The van der Waals surface area contributed by atoms with Gasteiger partial charge in [0.05, 0.1) is 19.8 Å². The third kappa shape index (κ3) is 11.6. The van der Waals surface area contributed by atoms with Gasteiger partial charge in [0.1, 0.15) is 24.8 Å². The lowest BCUT2D eigenvalue weighted by Crippen LogP contribution is -2.37. The molecule has 0 heterocycles. The molecule has 0 saturated heterocycles. The van der Waals surface area contributed by atoms with Crippen LogP contribution in [0.25, 0.3) is 0 Å². The molecule has 3 rings (SSSR count). The molecule has 0 spiro atoms. The van der Waals surface area contributed by atoms with E-state index in [4.69, 9.17) is 42.1 Å². The van der Waals surface area contributed by atoms with Gasteiger partial charge in [-0.2, -0.15) is 0 Å². The van der Waals surface area contributed by atoms with Gasteiger partial charge in [-0.3, -0.25) is 0 Å². The molecule has 0 aliphatic carbocycles. The molecule has 1 unspecified atom stereocenters. The number of hydrogen-bond acceptors (Lipinski definition) is 6. The minimum absolute atomic E-state index is 0.0150. The molecular formula is C30H32Cl2FNO7. The standard InChI is InChI=1S/C30H32Cl2FNO7/c1-2-39-28(29(35)36)17-21-5-9-27(10-6-21)40-14-12-34(30(37)41-20-22-3-7-26(33)8-4-22)11-13-38-19-23-15-24(31)18-25(32)16-23/h3-10,15-16,18,28H,2,11-14,17,19-20H2,1H3,(H,35,36). The summed E-state index contributed by atoms with van der Waals surface area (Å²) in [6.45, 7) is 3.12. The molecule has 0 saturated carbocycles. The van der Waals surface area contributed by atoms with E-state index in [9.17, 15) is 19.1 Å². The van der Waals surface area contributed by atoms with E-state index in [0.717, 1.165) is 11.1 Å². The molecule has 3 aromatic carbocycles. The van der Waals surface area contributed by atoms with E-state index in [1.807, 2.05) is 0 Å². The highest BCUT2D eigenvalue weighted by Crippen LogP contribution is 2.20. The highest BCUT2D eigenvalue weighted by atomic mass is 35.5. The predicted octanol–water partition coefficient (Wildman–Crippen LogP) is 6.40. The number of halogens is 3. The maximum Gasteiger partial charge on any atom is 0.410 e. The van der Waals surface area contributed by atoms with Crippen molar-refractivity contribution in [3.63, 3.8) is 0 Å². The number of ether oxygens (including phenoxy) is 4. The second-order valence-electron chi connectivity index (χ2n) is 8.98. The fourth-order valence-electron chi connectivity index (χ4n) is 3.80. The van der Waals surface area contributed by atoms with Gasteiger partial charge in [0.2, 0.25) is 0 Å². The van der Waals surface area contributed by atoms with Crippen molar-refractivity contribution in [1.29, 1.82) is 0 Å². The topological polar surface area (TPSA) is 94.5 Å². The largest absolute Gasteiger partial charge is 0.492 e. The summed E-state index contributed by atoms with van der Waals surface area (Å²) in [5, 5.41) is 10.3. The molecule has 0 bridgehead atoms. The molecule has 41 heavy (non-hydrogen) atoms. The summed E-state index contributed by atoms with van der Waals surface area (Å²) in [4.78, 5) is 25.6. The lowest BCUT2D eigenvalue weighted by Gasteiger charge is -2.22. The Morgan fingerprint density at radius 2 is 1.51 bits per heavy atom. The van der Waals surface area contributed by atoms with Gasteiger partial charge in [-0.1, -0.05) is 47.5 Å². The minimum atomic E-state index is -1.01. The predicted molar refractivity (Wildman–Crippen MR) is 153 cm³/mol. The highest BCUT2D eigenvalue weighted by Gasteiger charge is 2.18. The van der Waals surface area contributed by atoms with Gasteiger partial charge in [-0.05, 0) is 66.1 Å². The zero-order valence-corrected chi connectivity index (χ0v) is 24.1. The molecule has 1 N–H and O–H groups in total. The monoisotopic (exact) mass is 607 g/mol. The first-order chi connectivity index (χ1) is 19.7. The van der Waals surface area contributed by atoms with Crippen LogP contribution in [0.4, 0.5) is 9.18 Å². The van der Waals surface area contributed by atoms with Crippen molar-refractivity contribution in [3.05, 3.63) is 99.3 Å². The first kappa shape index (κ1) is 32.1. The van der Waals surface area contributed by atoms with Crippen molar-refractivity contribution < 1.29 is 38.0 Å². The molecule has 0 fully saturated rings. The molecule has 1 atom stereocenters. The minimum Gasteiger partial charge on any atom is -0.492 e. The molecular weight excluding hydrogens is 576 g/mol. The van der Waals surface area contributed by atoms with Gasteiger partial charge in [-0.25, -0.2) is 14.0 Å². The lowest BCUT2D eigenvalue weighted by molar-refractivity contribution is -0.149. The SMILES string of the molecule is CCOC(Cc1ccc(OCCN(CCOCc2cc(Cl)cc(Cl)c2)C(=O)OCc2ccc(F)cc2)cc1)C(=O)O. The molecule has 0 radical (unpaired) electrons. The van der Waals surface area contributed by atoms with Gasteiger partial charge in [-0.15, -0.1) is 0 Å². The van der Waals surface area contributed by atoms with E-state index in [2.05, 4.69) is 0 Å². The summed E-state index contributed by atoms with van der Waals surface area (Å²) in [6.07, 6.45) is -1.25. The zero-order chi connectivity index (χ0) is 29.6. The smallest absolute Gasteiger partial charge is 0.410 e. The average molecular weight is 608 g/mol. The van der Waals surface area contributed by atoms with Crippen molar-refractivity contribution in [3.8, 4) is 5.75 Å². The van der Waals surface area contributed by atoms with Crippen LogP contribution < -0.4 is 4.74 Å². The number of hydrogen-bond donors (Lipinski definition) is 1. The molecule has 3 aromatic rings. The van der Waals surface area contributed by atoms with Crippen molar-refractivity contribution in [2.75, 3.05) is 32.9 Å². The van der Waals surface area contributed by atoms with E-state index in [1.54, 1.807) is 61.5 Å². The fraction of sp³-hybridized carbons (Fsp3) is 0.333. The van der Waals surface area contributed by atoms with Gasteiger partial charge >= 0.3 is 12.1 Å². The van der Waals surface area contributed by atoms with Crippen LogP contribution in [0.5, 0.6) is 5.75 Å². The van der Waals surface area contributed by atoms with Crippen molar-refractivity contribution in [2.24, 2.45) is 0 Å². The van der Waals surface area contributed by atoms with Crippen LogP contribution in [0.3, 0.4) is 0 Å². The summed E-state index contributed by atoms with van der Waals surface area (Å²) in [6, 6.07) is 17.8. The maximum atomic E-state index is 13.2. The number of rotatable bonds is 16. The summed E-state index contributed by atoms with van der Waals surface area (Å²) in [5.41, 5.74) is 2.25. The number of aliphatic carboxylic acids is 1. The first-order valence-electron chi connectivity index (χ1n) is 13.0. The van der Waals surface area contributed by atoms with E-state index < -0.39 is 18.2 Å². The Morgan fingerprint density at radius 1 is 0.878 bits per heavy atom.